The molecule has 2 rings (SSSR count). The molecule has 1 saturated heterocycles. The van der Waals surface area contributed by atoms with Gasteiger partial charge < -0.3 is 14.2 Å². The Morgan fingerprint density at radius 3 is 2.28 bits per heavy atom. The van der Waals surface area contributed by atoms with Gasteiger partial charge in [0.2, 0.25) is 0 Å². The Hall–Kier alpha value is -1.55. The third-order valence-corrected chi connectivity index (χ3v) is 3.05. The van der Waals surface area contributed by atoms with E-state index in [-0.39, 0.29) is 12.1 Å². The highest BCUT2D eigenvalue weighted by atomic mass is 16.5. The maximum atomic E-state index is 11.8. The Balaban J connectivity index is 2.20. The van der Waals surface area contributed by atoms with Gasteiger partial charge in [-0.05, 0) is 31.5 Å². The Morgan fingerprint density at radius 1 is 1.28 bits per heavy atom. The fourth-order valence-electron chi connectivity index (χ4n) is 2.03. The van der Waals surface area contributed by atoms with Gasteiger partial charge in [0.15, 0.2) is 0 Å². The van der Waals surface area contributed by atoms with Crippen LogP contribution in [0.1, 0.15) is 19.4 Å². The summed E-state index contributed by atoms with van der Waals surface area (Å²) in [6.07, 6.45) is 0.137. The monoisotopic (exact) mass is 250 g/mol. The Morgan fingerprint density at radius 2 is 1.89 bits per heavy atom. The molecule has 1 aliphatic rings. The number of carbonyl (C=O) groups is 1. The topological polar surface area (TPSA) is 44.8 Å². The first-order valence-corrected chi connectivity index (χ1v) is 6.02. The van der Waals surface area contributed by atoms with E-state index in [0.717, 1.165) is 11.3 Å². The molecule has 0 N–H and O–H groups in total. The molecule has 1 aliphatic heterocycles. The SMILES string of the molecule is COC(=O)C1(c2ccc(OC(C)C)cc2)COC1. The molecule has 1 aromatic carbocycles. The van der Waals surface area contributed by atoms with Crippen LogP contribution in [0.5, 0.6) is 5.75 Å². The van der Waals surface area contributed by atoms with Gasteiger partial charge in [-0.15, -0.1) is 0 Å². The van der Waals surface area contributed by atoms with Gasteiger partial charge in [0.1, 0.15) is 11.2 Å². The predicted octanol–water partition coefficient (Wildman–Crippen LogP) is 1.91. The number of esters is 1. The predicted molar refractivity (Wildman–Crippen MR) is 66.7 cm³/mol. The van der Waals surface area contributed by atoms with Crippen LogP contribution in [0.15, 0.2) is 24.3 Å². The second-order valence-electron chi connectivity index (χ2n) is 4.76. The van der Waals surface area contributed by atoms with E-state index in [4.69, 9.17) is 14.2 Å². The molecule has 0 unspecified atom stereocenters. The summed E-state index contributed by atoms with van der Waals surface area (Å²) >= 11 is 0. The van der Waals surface area contributed by atoms with Crippen LogP contribution in [0, 0.1) is 0 Å². The molecule has 0 aromatic heterocycles. The van der Waals surface area contributed by atoms with Gasteiger partial charge in [-0.25, -0.2) is 0 Å². The van der Waals surface area contributed by atoms with Crippen molar-refractivity contribution in [1.29, 1.82) is 0 Å². The summed E-state index contributed by atoms with van der Waals surface area (Å²) < 4.78 is 15.6. The van der Waals surface area contributed by atoms with Gasteiger partial charge in [0, 0.05) is 0 Å². The molecule has 0 atom stereocenters. The molecule has 0 radical (unpaired) electrons. The van der Waals surface area contributed by atoms with Crippen molar-refractivity contribution in [2.75, 3.05) is 20.3 Å². The summed E-state index contributed by atoms with van der Waals surface area (Å²) in [4.78, 5) is 11.8. The third kappa shape index (κ3) is 2.20. The van der Waals surface area contributed by atoms with Crippen molar-refractivity contribution in [2.45, 2.75) is 25.4 Å². The number of ether oxygens (including phenoxy) is 3. The summed E-state index contributed by atoms with van der Waals surface area (Å²) in [6, 6.07) is 7.55. The van der Waals surface area contributed by atoms with E-state index in [2.05, 4.69) is 0 Å². The second-order valence-corrected chi connectivity index (χ2v) is 4.76. The summed E-state index contributed by atoms with van der Waals surface area (Å²) in [7, 11) is 1.40. The van der Waals surface area contributed by atoms with Crippen molar-refractivity contribution >= 4 is 5.97 Å². The highest BCUT2D eigenvalue weighted by Gasteiger charge is 2.48. The average molecular weight is 250 g/mol. The van der Waals surface area contributed by atoms with Gasteiger partial charge in [-0.3, -0.25) is 4.79 Å². The Labute approximate surface area is 107 Å². The number of rotatable bonds is 4. The molecule has 4 nitrogen and oxygen atoms in total. The van der Waals surface area contributed by atoms with Crippen molar-refractivity contribution in [2.24, 2.45) is 0 Å². The molecule has 0 bridgehead atoms. The van der Waals surface area contributed by atoms with Crippen LogP contribution in [-0.4, -0.2) is 32.4 Å². The largest absolute Gasteiger partial charge is 0.491 e. The summed E-state index contributed by atoms with van der Waals surface area (Å²) in [5, 5.41) is 0. The van der Waals surface area contributed by atoms with Crippen molar-refractivity contribution in [3.63, 3.8) is 0 Å². The number of benzene rings is 1. The van der Waals surface area contributed by atoms with Crippen molar-refractivity contribution < 1.29 is 19.0 Å². The zero-order valence-electron chi connectivity index (χ0n) is 10.9. The first-order chi connectivity index (χ1) is 8.58. The van der Waals surface area contributed by atoms with E-state index in [9.17, 15) is 4.79 Å². The molecule has 0 spiro atoms. The minimum absolute atomic E-state index is 0.137. The van der Waals surface area contributed by atoms with E-state index in [0.29, 0.717) is 13.2 Å². The number of carbonyl (C=O) groups excluding carboxylic acids is 1. The summed E-state index contributed by atoms with van der Waals surface area (Å²) in [5.74, 6) is 0.556. The molecule has 98 valence electrons. The first kappa shape index (κ1) is 12.9. The Bertz CT molecular complexity index is 418. The second kappa shape index (κ2) is 4.98. The maximum absolute atomic E-state index is 11.8. The average Bonchev–Trinajstić information content (AvgIpc) is 2.29. The number of hydrogen-bond donors (Lipinski definition) is 0. The smallest absolute Gasteiger partial charge is 0.321 e. The molecular formula is C14H18O4. The Kier molecular flexibility index (Phi) is 3.57. The molecule has 1 fully saturated rings. The molecule has 4 heteroatoms. The molecule has 1 aromatic rings. The number of hydrogen-bond acceptors (Lipinski definition) is 4. The lowest BCUT2D eigenvalue weighted by Crippen LogP contribution is -2.53. The lowest BCUT2D eigenvalue weighted by atomic mass is 9.78. The summed E-state index contributed by atoms with van der Waals surface area (Å²) in [5.41, 5.74) is 0.280. The first-order valence-electron chi connectivity index (χ1n) is 6.02. The van der Waals surface area contributed by atoms with Gasteiger partial charge in [0.05, 0.1) is 26.4 Å². The fraction of sp³-hybridized carbons (Fsp3) is 0.500. The van der Waals surface area contributed by atoms with E-state index >= 15 is 0 Å². The van der Waals surface area contributed by atoms with Crippen LogP contribution in [0.2, 0.25) is 0 Å². The quantitative estimate of drug-likeness (QED) is 0.766. The molecule has 18 heavy (non-hydrogen) atoms. The fourth-order valence-corrected chi connectivity index (χ4v) is 2.03. The van der Waals surface area contributed by atoms with Crippen molar-refractivity contribution in [3.05, 3.63) is 29.8 Å². The lowest BCUT2D eigenvalue weighted by Gasteiger charge is -2.38. The van der Waals surface area contributed by atoms with Crippen LogP contribution >= 0.6 is 0 Å². The standard InChI is InChI=1S/C14H18O4/c1-10(2)18-12-6-4-11(5-7-12)14(8-17-9-14)13(15)16-3/h4-7,10H,8-9H2,1-3H3. The van der Waals surface area contributed by atoms with Gasteiger partial charge in [-0.2, -0.15) is 0 Å². The molecule has 1 heterocycles. The van der Waals surface area contributed by atoms with Crippen LogP contribution in [0.25, 0.3) is 0 Å². The van der Waals surface area contributed by atoms with Gasteiger partial charge in [-0.1, -0.05) is 12.1 Å². The summed E-state index contributed by atoms with van der Waals surface area (Å²) in [6.45, 7) is 4.71. The van der Waals surface area contributed by atoms with Gasteiger partial charge in [0.25, 0.3) is 0 Å². The third-order valence-electron chi connectivity index (χ3n) is 3.05. The normalized spacial score (nSPS) is 17.1. The van der Waals surface area contributed by atoms with E-state index in [1.807, 2.05) is 38.1 Å². The van der Waals surface area contributed by atoms with Crippen molar-refractivity contribution in [1.82, 2.24) is 0 Å². The van der Waals surface area contributed by atoms with Crippen LogP contribution in [0.4, 0.5) is 0 Å². The minimum Gasteiger partial charge on any atom is -0.491 e. The highest BCUT2D eigenvalue weighted by Crippen LogP contribution is 2.34. The zero-order valence-corrected chi connectivity index (χ0v) is 10.9. The lowest BCUT2D eigenvalue weighted by molar-refractivity contribution is -0.166. The van der Waals surface area contributed by atoms with Crippen LogP contribution < -0.4 is 4.74 Å². The van der Waals surface area contributed by atoms with Crippen LogP contribution in [-0.2, 0) is 19.7 Å². The molecule has 0 saturated carbocycles. The van der Waals surface area contributed by atoms with E-state index in [1.54, 1.807) is 0 Å². The van der Waals surface area contributed by atoms with Crippen molar-refractivity contribution in [3.8, 4) is 5.75 Å². The molecule has 0 amide bonds. The zero-order chi connectivity index (χ0) is 13.2. The van der Waals surface area contributed by atoms with E-state index < -0.39 is 5.41 Å². The minimum atomic E-state index is -0.634. The van der Waals surface area contributed by atoms with Gasteiger partial charge >= 0.3 is 5.97 Å². The highest BCUT2D eigenvalue weighted by molar-refractivity contribution is 5.84. The van der Waals surface area contributed by atoms with E-state index in [1.165, 1.54) is 7.11 Å². The molecule has 0 aliphatic carbocycles. The number of methoxy groups -OCH3 is 1. The maximum Gasteiger partial charge on any atom is 0.321 e. The van der Waals surface area contributed by atoms with Crippen LogP contribution in [0.3, 0.4) is 0 Å². The molecular weight excluding hydrogens is 232 g/mol.